The minimum absolute atomic E-state index is 0.373. The van der Waals surface area contributed by atoms with Crippen molar-refractivity contribution < 1.29 is 4.74 Å². The molecule has 0 fully saturated rings. The number of nitrogens with two attached hydrogens (primary N) is 1. The van der Waals surface area contributed by atoms with Crippen LogP contribution in [0.1, 0.15) is 12.8 Å². The van der Waals surface area contributed by atoms with Crippen molar-refractivity contribution in [1.29, 1.82) is 0 Å². The number of hydrogen-bond acceptors (Lipinski definition) is 6. The van der Waals surface area contributed by atoms with Crippen molar-refractivity contribution in [2.24, 2.45) is 0 Å². The largest absolute Gasteiger partial charge is 0.496 e. The number of imidazole rings is 1. The maximum Gasteiger partial charge on any atom is 0.195 e. The lowest BCUT2D eigenvalue weighted by Gasteiger charge is -2.09. The van der Waals surface area contributed by atoms with Gasteiger partial charge in [-0.15, -0.1) is 12.3 Å². The van der Waals surface area contributed by atoms with Gasteiger partial charge in [-0.1, -0.05) is 12.1 Å². The maximum atomic E-state index is 5.95. The van der Waals surface area contributed by atoms with E-state index < -0.39 is 0 Å². The number of aromatic nitrogens is 4. The first kappa shape index (κ1) is 16.1. The van der Waals surface area contributed by atoms with Gasteiger partial charge in [0.05, 0.1) is 18.3 Å². The molecule has 1 aromatic carbocycles. The Labute approximate surface area is 144 Å². The van der Waals surface area contributed by atoms with E-state index in [4.69, 9.17) is 16.9 Å². The molecule has 0 bridgehead atoms. The lowest BCUT2D eigenvalue weighted by molar-refractivity contribution is 0.405. The fourth-order valence-electron chi connectivity index (χ4n) is 2.30. The Bertz CT molecular complexity index is 855. The van der Waals surface area contributed by atoms with Gasteiger partial charge >= 0.3 is 0 Å². The van der Waals surface area contributed by atoms with Crippen LogP contribution >= 0.6 is 11.8 Å². The Morgan fingerprint density at radius 1 is 1.33 bits per heavy atom. The van der Waals surface area contributed by atoms with Crippen LogP contribution in [0.3, 0.4) is 0 Å². The van der Waals surface area contributed by atoms with Crippen LogP contribution in [0.15, 0.2) is 40.6 Å². The summed E-state index contributed by atoms with van der Waals surface area (Å²) in [6.45, 7) is 0.728. The predicted molar refractivity (Wildman–Crippen MR) is 94.0 cm³/mol. The molecule has 6 nitrogen and oxygen atoms in total. The van der Waals surface area contributed by atoms with Crippen molar-refractivity contribution in [2.75, 3.05) is 12.8 Å². The molecule has 7 heteroatoms. The smallest absolute Gasteiger partial charge is 0.195 e. The van der Waals surface area contributed by atoms with Crippen molar-refractivity contribution in [2.45, 2.75) is 29.4 Å². The van der Waals surface area contributed by atoms with Crippen molar-refractivity contribution >= 4 is 17.6 Å². The normalized spacial score (nSPS) is 10.7. The second-order valence-electron chi connectivity index (χ2n) is 5.06. The molecule has 0 aliphatic carbocycles. The second-order valence-corrected chi connectivity index (χ2v) is 6.07. The Balaban J connectivity index is 1.92. The highest BCUT2D eigenvalue weighted by molar-refractivity contribution is 7.99. The molecule has 1 aromatic rings. The molecule has 0 spiro atoms. The van der Waals surface area contributed by atoms with Gasteiger partial charge in [0.15, 0.2) is 22.5 Å². The van der Waals surface area contributed by atoms with Crippen LogP contribution < -0.4 is 10.5 Å². The molecule has 0 saturated carbocycles. The number of fused-ring (bicyclic) bond motifs is 1. The number of unbranched alkanes of at least 4 members (excludes halogenated alkanes) is 1. The fourth-order valence-corrected chi connectivity index (χ4v) is 3.16. The molecule has 0 saturated heterocycles. The molecule has 122 valence electrons. The maximum absolute atomic E-state index is 5.95. The number of terminal acetylenes is 1. The minimum Gasteiger partial charge on any atom is -0.496 e. The summed E-state index contributed by atoms with van der Waals surface area (Å²) >= 11 is 1.43. The summed E-state index contributed by atoms with van der Waals surface area (Å²) in [7, 11) is 1.64. The molecule has 3 rings (SSSR count). The van der Waals surface area contributed by atoms with Crippen molar-refractivity contribution in [1.82, 2.24) is 19.5 Å². The van der Waals surface area contributed by atoms with Crippen LogP contribution in [0.5, 0.6) is 5.75 Å². The number of methoxy groups -OCH3 is 1. The summed E-state index contributed by atoms with van der Waals surface area (Å²) in [6, 6.07) is 7.74. The van der Waals surface area contributed by atoms with Crippen molar-refractivity contribution in [3.05, 3.63) is 30.6 Å². The lowest BCUT2D eigenvalue weighted by atomic mass is 10.3. The number of hydrogen-bond donors (Lipinski definition) is 1. The van der Waals surface area contributed by atoms with Gasteiger partial charge in [-0.3, -0.25) is 0 Å². The summed E-state index contributed by atoms with van der Waals surface area (Å²) < 4.78 is 7.30. The van der Waals surface area contributed by atoms with Gasteiger partial charge in [0.25, 0.3) is 0 Å². The Morgan fingerprint density at radius 3 is 2.96 bits per heavy atom. The molecule has 2 aliphatic rings. The van der Waals surface area contributed by atoms with Gasteiger partial charge in [0.2, 0.25) is 0 Å². The van der Waals surface area contributed by atoms with Crippen LogP contribution in [0.2, 0.25) is 0 Å². The van der Waals surface area contributed by atoms with E-state index in [0.29, 0.717) is 23.1 Å². The van der Waals surface area contributed by atoms with E-state index in [-0.39, 0.29) is 0 Å². The highest BCUT2D eigenvalue weighted by Gasteiger charge is 2.19. The third kappa shape index (κ3) is 3.29. The van der Waals surface area contributed by atoms with E-state index in [1.165, 1.54) is 11.8 Å². The number of anilines is 1. The van der Waals surface area contributed by atoms with Crippen molar-refractivity contribution in [3.63, 3.8) is 0 Å². The lowest BCUT2D eigenvalue weighted by Crippen LogP contribution is -2.08. The molecule has 0 unspecified atom stereocenters. The van der Waals surface area contributed by atoms with Gasteiger partial charge in [-0.05, 0) is 30.3 Å². The number of benzene rings is 1. The molecule has 0 radical (unpaired) electrons. The first-order valence-corrected chi connectivity index (χ1v) is 8.27. The number of rotatable bonds is 6. The number of nitrogen functional groups attached to an aromatic ring is 1. The zero-order chi connectivity index (χ0) is 16.9. The first-order chi connectivity index (χ1) is 11.7. The summed E-state index contributed by atoms with van der Waals surface area (Å²) in [5.74, 6) is 4.51. The van der Waals surface area contributed by atoms with E-state index in [9.17, 15) is 0 Å². The van der Waals surface area contributed by atoms with Crippen LogP contribution in [0.4, 0.5) is 5.82 Å². The average Bonchev–Trinajstić information content (AvgIpc) is 3.02. The summed E-state index contributed by atoms with van der Waals surface area (Å²) in [4.78, 5) is 14.3. The Hall–Kier alpha value is -2.72. The predicted octanol–water partition coefficient (Wildman–Crippen LogP) is 2.93. The Morgan fingerprint density at radius 2 is 2.17 bits per heavy atom. The van der Waals surface area contributed by atoms with E-state index >= 15 is 0 Å². The van der Waals surface area contributed by atoms with Gasteiger partial charge in [0.1, 0.15) is 5.75 Å². The summed E-state index contributed by atoms with van der Waals surface area (Å²) in [6.07, 6.45) is 8.54. The topological polar surface area (TPSA) is 78.9 Å². The molecular weight excluding hydrogens is 322 g/mol. The van der Waals surface area contributed by atoms with Crippen LogP contribution in [-0.2, 0) is 6.54 Å². The van der Waals surface area contributed by atoms with E-state index in [1.54, 1.807) is 13.4 Å². The van der Waals surface area contributed by atoms with Gasteiger partial charge in [0, 0.05) is 13.0 Å². The monoisotopic (exact) mass is 339 g/mol. The molecule has 2 N–H and O–H groups in total. The van der Waals surface area contributed by atoms with E-state index in [0.717, 1.165) is 29.4 Å². The number of para-hydroxylation sites is 1. The highest BCUT2D eigenvalue weighted by Crippen LogP contribution is 2.36. The number of nitrogens with zero attached hydrogens (tertiary/aromatic N) is 4. The quantitative estimate of drug-likeness (QED) is 0.549. The van der Waals surface area contributed by atoms with E-state index in [2.05, 4.69) is 20.9 Å². The molecule has 24 heavy (non-hydrogen) atoms. The third-order valence-electron chi connectivity index (χ3n) is 3.46. The zero-order valence-electron chi connectivity index (χ0n) is 13.3. The Kier molecular flexibility index (Phi) is 4.87. The molecular formula is C17H17N5OS. The minimum atomic E-state index is 0.373. The van der Waals surface area contributed by atoms with Crippen LogP contribution in [0, 0.1) is 12.3 Å². The molecule has 2 heterocycles. The second kappa shape index (κ2) is 7.23. The van der Waals surface area contributed by atoms with E-state index in [1.807, 2.05) is 28.8 Å². The van der Waals surface area contributed by atoms with Crippen LogP contribution in [0.25, 0.3) is 11.5 Å². The molecule has 0 aromatic heterocycles. The summed E-state index contributed by atoms with van der Waals surface area (Å²) in [5, 5.41) is 0.611. The third-order valence-corrected chi connectivity index (χ3v) is 4.38. The SMILES string of the molecule is C#CCCCn1cnc(N)c2nc(Sc3ccccc3OC)nc1-2. The van der Waals surface area contributed by atoms with Gasteiger partial charge in [-0.25, -0.2) is 15.0 Å². The average molecular weight is 339 g/mol. The summed E-state index contributed by atoms with van der Waals surface area (Å²) in [5.41, 5.74) is 6.56. The molecule has 2 aliphatic heterocycles. The zero-order valence-corrected chi connectivity index (χ0v) is 14.1. The van der Waals surface area contributed by atoms with Gasteiger partial charge < -0.3 is 15.0 Å². The van der Waals surface area contributed by atoms with Crippen LogP contribution in [-0.4, -0.2) is 26.6 Å². The molecule has 0 amide bonds. The number of aryl methyl sites for hydroxylation is 1. The fraction of sp³-hybridized carbons (Fsp3) is 0.235. The standard InChI is InChI=1S/C17H17N5OS/c1-3-4-7-10-22-11-19-15(18)14-16(22)21-17(20-14)24-13-9-6-5-8-12(13)23-2/h1,5-6,8-9,11H,4,7,10,18H2,2H3. The number of ether oxygens (including phenoxy) is 1. The van der Waals surface area contributed by atoms with Gasteiger partial charge in [-0.2, -0.15) is 0 Å². The van der Waals surface area contributed by atoms with Crippen molar-refractivity contribution in [3.8, 4) is 29.6 Å². The first-order valence-electron chi connectivity index (χ1n) is 7.45. The highest BCUT2D eigenvalue weighted by atomic mass is 32.2. The molecule has 0 atom stereocenters.